The fraction of sp³-hybridized carbons (Fsp3) is 0.286. The molecule has 3 N–H and O–H groups in total. The SMILES string of the molecule is O=C(N[C@H]1CO[C@H]2[C@@H]1OC[C@H]2O)c1[nH]c2ccc(Cl)cc2c1-c1ccccc1. The summed E-state index contributed by atoms with van der Waals surface area (Å²) in [6, 6.07) is 14.9. The molecule has 7 heteroatoms. The van der Waals surface area contributed by atoms with Gasteiger partial charge in [0.05, 0.1) is 19.3 Å². The van der Waals surface area contributed by atoms with Gasteiger partial charge >= 0.3 is 0 Å². The maximum atomic E-state index is 13.2. The number of nitrogens with one attached hydrogen (secondary N) is 2. The van der Waals surface area contributed by atoms with Crippen LogP contribution in [0, 0.1) is 0 Å². The van der Waals surface area contributed by atoms with Crippen molar-refractivity contribution < 1.29 is 19.4 Å². The van der Waals surface area contributed by atoms with Crippen LogP contribution in [-0.4, -0.2) is 53.6 Å². The second-order valence-electron chi connectivity index (χ2n) is 7.17. The van der Waals surface area contributed by atoms with Crippen LogP contribution in [0.1, 0.15) is 10.5 Å². The molecule has 1 aromatic heterocycles. The minimum atomic E-state index is -0.651. The van der Waals surface area contributed by atoms with Crippen molar-refractivity contribution in [3.05, 3.63) is 59.2 Å². The number of aromatic nitrogens is 1. The molecule has 144 valence electrons. The summed E-state index contributed by atoms with van der Waals surface area (Å²) in [4.78, 5) is 16.4. The molecule has 0 bridgehead atoms. The maximum Gasteiger partial charge on any atom is 0.268 e. The predicted molar refractivity (Wildman–Crippen MR) is 105 cm³/mol. The van der Waals surface area contributed by atoms with Gasteiger partial charge in [-0.2, -0.15) is 0 Å². The topological polar surface area (TPSA) is 83.6 Å². The van der Waals surface area contributed by atoms with E-state index in [0.29, 0.717) is 17.3 Å². The quantitative estimate of drug-likeness (QED) is 0.633. The highest BCUT2D eigenvalue weighted by atomic mass is 35.5. The van der Waals surface area contributed by atoms with Gasteiger partial charge in [0.2, 0.25) is 0 Å². The third-order valence-electron chi connectivity index (χ3n) is 5.39. The largest absolute Gasteiger partial charge is 0.388 e. The summed E-state index contributed by atoms with van der Waals surface area (Å²) in [6.45, 7) is 0.534. The molecule has 2 saturated heterocycles. The van der Waals surface area contributed by atoms with Gasteiger partial charge in [-0.1, -0.05) is 41.9 Å². The minimum Gasteiger partial charge on any atom is -0.388 e. The Morgan fingerprint density at radius 1 is 1.11 bits per heavy atom. The minimum absolute atomic E-state index is 0.224. The van der Waals surface area contributed by atoms with E-state index in [1.54, 1.807) is 6.07 Å². The molecular weight excluding hydrogens is 380 g/mol. The molecule has 0 unspecified atom stereocenters. The lowest BCUT2D eigenvalue weighted by molar-refractivity contribution is 0.0178. The van der Waals surface area contributed by atoms with Crippen molar-refractivity contribution in [3.63, 3.8) is 0 Å². The molecule has 28 heavy (non-hydrogen) atoms. The lowest BCUT2D eigenvalue weighted by atomic mass is 10.0. The molecule has 3 heterocycles. The Labute approximate surface area is 166 Å². The van der Waals surface area contributed by atoms with Crippen LogP contribution >= 0.6 is 11.6 Å². The molecule has 2 aliphatic heterocycles. The number of halogens is 1. The third-order valence-corrected chi connectivity index (χ3v) is 5.63. The third kappa shape index (κ3) is 2.89. The number of amides is 1. The Morgan fingerprint density at radius 3 is 2.71 bits per heavy atom. The Balaban J connectivity index is 1.52. The number of hydrogen-bond acceptors (Lipinski definition) is 4. The normalized spacial score (nSPS) is 26.5. The number of fused-ring (bicyclic) bond motifs is 2. The van der Waals surface area contributed by atoms with Gasteiger partial charge in [-0.05, 0) is 23.8 Å². The van der Waals surface area contributed by atoms with Crippen molar-refractivity contribution in [3.8, 4) is 11.1 Å². The van der Waals surface area contributed by atoms with Crippen molar-refractivity contribution >= 4 is 28.4 Å². The first-order chi connectivity index (χ1) is 13.6. The Bertz CT molecular complexity index is 1040. The molecular formula is C21H19ClN2O4. The van der Waals surface area contributed by atoms with E-state index in [9.17, 15) is 9.90 Å². The molecule has 0 aliphatic carbocycles. The number of hydrogen-bond donors (Lipinski definition) is 3. The second kappa shape index (κ2) is 6.90. The molecule has 3 aromatic rings. The molecule has 6 nitrogen and oxygen atoms in total. The molecule has 5 rings (SSSR count). The number of aliphatic hydroxyl groups is 1. The van der Waals surface area contributed by atoms with E-state index in [1.807, 2.05) is 42.5 Å². The first-order valence-corrected chi connectivity index (χ1v) is 9.58. The lowest BCUT2D eigenvalue weighted by Crippen LogP contribution is -2.44. The fourth-order valence-electron chi connectivity index (χ4n) is 4.08. The van der Waals surface area contributed by atoms with Crippen molar-refractivity contribution in [1.29, 1.82) is 0 Å². The van der Waals surface area contributed by atoms with Crippen molar-refractivity contribution in [2.45, 2.75) is 24.4 Å². The van der Waals surface area contributed by atoms with Gasteiger partial charge in [-0.25, -0.2) is 0 Å². The van der Waals surface area contributed by atoms with Crippen LogP contribution in [0.5, 0.6) is 0 Å². The second-order valence-corrected chi connectivity index (χ2v) is 7.61. The zero-order chi connectivity index (χ0) is 19.3. The first kappa shape index (κ1) is 17.7. The van der Waals surface area contributed by atoms with Crippen molar-refractivity contribution in [2.24, 2.45) is 0 Å². The summed E-state index contributed by atoms with van der Waals surface area (Å²) < 4.78 is 11.2. The average Bonchev–Trinajstić information content (AvgIpc) is 3.38. The smallest absolute Gasteiger partial charge is 0.268 e. The Morgan fingerprint density at radius 2 is 1.89 bits per heavy atom. The van der Waals surface area contributed by atoms with Gasteiger partial charge in [-0.3, -0.25) is 4.79 Å². The molecule has 0 spiro atoms. The summed E-state index contributed by atoms with van der Waals surface area (Å²) >= 11 is 6.21. The number of rotatable bonds is 3. The molecule has 2 fully saturated rings. The van der Waals surface area contributed by atoms with Gasteiger partial charge in [0.15, 0.2) is 0 Å². The van der Waals surface area contributed by atoms with E-state index in [2.05, 4.69) is 10.3 Å². The van der Waals surface area contributed by atoms with E-state index in [0.717, 1.165) is 22.0 Å². The monoisotopic (exact) mass is 398 g/mol. The van der Waals surface area contributed by atoms with Gasteiger partial charge < -0.3 is 24.9 Å². The molecule has 0 saturated carbocycles. The summed E-state index contributed by atoms with van der Waals surface area (Å²) in [5.41, 5.74) is 3.03. The predicted octanol–water partition coefficient (Wildman–Crippen LogP) is 2.75. The van der Waals surface area contributed by atoms with Crippen LogP contribution in [0.15, 0.2) is 48.5 Å². The van der Waals surface area contributed by atoms with Gasteiger partial charge in [-0.15, -0.1) is 0 Å². The zero-order valence-electron chi connectivity index (χ0n) is 14.9. The van der Waals surface area contributed by atoms with Gasteiger partial charge in [0, 0.05) is 21.5 Å². The van der Waals surface area contributed by atoms with Crippen molar-refractivity contribution in [2.75, 3.05) is 13.2 Å². The van der Waals surface area contributed by atoms with E-state index in [4.69, 9.17) is 21.1 Å². The van der Waals surface area contributed by atoms with Crippen LogP contribution < -0.4 is 5.32 Å². The summed E-state index contributed by atoms with van der Waals surface area (Å²) in [7, 11) is 0. The van der Waals surface area contributed by atoms with Crippen LogP contribution in [0.3, 0.4) is 0 Å². The van der Waals surface area contributed by atoms with Crippen LogP contribution in [0.2, 0.25) is 5.02 Å². The Kier molecular flexibility index (Phi) is 4.36. The summed E-state index contributed by atoms with van der Waals surface area (Å²) in [6.07, 6.45) is -1.37. The first-order valence-electron chi connectivity index (χ1n) is 9.20. The molecule has 2 aromatic carbocycles. The van der Waals surface area contributed by atoms with E-state index in [1.165, 1.54) is 0 Å². The number of H-pyrrole nitrogens is 1. The average molecular weight is 399 g/mol. The van der Waals surface area contributed by atoms with Crippen molar-refractivity contribution in [1.82, 2.24) is 10.3 Å². The number of benzene rings is 2. The maximum absolute atomic E-state index is 13.2. The lowest BCUT2D eigenvalue weighted by Gasteiger charge is -2.17. The highest BCUT2D eigenvalue weighted by Gasteiger charge is 2.47. The number of aliphatic hydroxyl groups excluding tert-OH is 1. The fourth-order valence-corrected chi connectivity index (χ4v) is 4.25. The molecule has 4 atom stereocenters. The summed E-state index contributed by atoms with van der Waals surface area (Å²) in [5.74, 6) is -0.245. The van der Waals surface area contributed by atoms with E-state index < -0.39 is 6.10 Å². The van der Waals surface area contributed by atoms with E-state index >= 15 is 0 Å². The highest BCUT2D eigenvalue weighted by molar-refractivity contribution is 6.31. The highest BCUT2D eigenvalue weighted by Crippen LogP contribution is 2.34. The Hall–Kier alpha value is -2.38. The standard InChI is InChI=1S/C21H19ClN2O4/c22-12-6-7-14-13(8-12)17(11-4-2-1-3-5-11)18(23-14)21(26)24-15-9-27-20-16(25)10-28-19(15)20/h1-8,15-16,19-20,23,25H,9-10H2,(H,24,26)/t15-,16+,19+,20+/m0/s1. The van der Waals surface area contributed by atoms with Crippen LogP contribution in [0.25, 0.3) is 22.0 Å². The van der Waals surface area contributed by atoms with E-state index in [-0.39, 0.29) is 30.8 Å². The molecule has 0 radical (unpaired) electrons. The van der Waals surface area contributed by atoms with Crippen LogP contribution in [-0.2, 0) is 9.47 Å². The van der Waals surface area contributed by atoms with Gasteiger partial charge in [0.1, 0.15) is 24.0 Å². The van der Waals surface area contributed by atoms with Gasteiger partial charge in [0.25, 0.3) is 5.91 Å². The number of aromatic amines is 1. The molecule has 1 amide bonds. The number of carbonyl (C=O) groups is 1. The zero-order valence-corrected chi connectivity index (χ0v) is 15.6. The number of carbonyl (C=O) groups excluding carboxylic acids is 1. The van der Waals surface area contributed by atoms with Crippen LogP contribution in [0.4, 0.5) is 0 Å². The molecule has 2 aliphatic rings. The number of ether oxygens (including phenoxy) is 2. The summed E-state index contributed by atoms with van der Waals surface area (Å²) in [5, 5.41) is 14.4.